The van der Waals surface area contributed by atoms with E-state index in [9.17, 15) is 14.4 Å². The number of ether oxygens (including phenoxy) is 2. The molecule has 0 radical (unpaired) electrons. The summed E-state index contributed by atoms with van der Waals surface area (Å²) in [6.07, 6.45) is 0.138. The molecule has 0 heterocycles. The lowest BCUT2D eigenvalue weighted by atomic mass is 9.99. The summed E-state index contributed by atoms with van der Waals surface area (Å²) < 4.78 is 9.08. The van der Waals surface area contributed by atoms with E-state index in [2.05, 4.69) is 9.47 Å². The quantitative estimate of drug-likeness (QED) is 0.600. The lowest BCUT2D eigenvalue weighted by molar-refractivity contribution is -0.140. The molecular weight excluding hydrogens is 248 g/mol. The molecule has 5 nitrogen and oxygen atoms in total. The molecule has 0 aliphatic carbocycles. The van der Waals surface area contributed by atoms with Crippen LogP contribution in [0.2, 0.25) is 0 Å². The average molecular weight is 264 g/mol. The molecule has 0 unspecified atom stereocenters. The predicted octanol–water partition coefficient (Wildman–Crippen LogP) is 1.92. The summed E-state index contributed by atoms with van der Waals surface area (Å²) in [5, 5.41) is 0. The first kappa shape index (κ1) is 14.9. The van der Waals surface area contributed by atoms with Crippen molar-refractivity contribution in [1.29, 1.82) is 0 Å². The van der Waals surface area contributed by atoms with Gasteiger partial charge >= 0.3 is 11.9 Å². The molecule has 0 atom stereocenters. The Morgan fingerprint density at radius 3 is 2.26 bits per heavy atom. The van der Waals surface area contributed by atoms with Gasteiger partial charge < -0.3 is 9.47 Å². The lowest BCUT2D eigenvalue weighted by Gasteiger charge is -2.06. The molecule has 0 saturated heterocycles. The van der Waals surface area contributed by atoms with Crippen molar-refractivity contribution in [2.45, 2.75) is 19.8 Å². The summed E-state index contributed by atoms with van der Waals surface area (Å²) >= 11 is 0. The van der Waals surface area contributed by atoms with Gasteiger partial charge in [-0.1, -0.05) is 6.07 Å². The zero-order valence-electron chi connectivity index (χ0n) is 11.2. The van der Waals surface area contributed by atoms with E-state index in [0.29, 0.717) is 16.7 Å². The number of methoxy groups -OCH3 is 2. The molecule has 5 heteroatoms. The Labute approximate surface area is 111 Å². The van der Waals surface area contributed by atoms with Gasteiger partial charge in [-0.2, -0.15) is 0 Å². The molecule has 0 spiro atoms. The number of hydrogen-bond acceptors (Lipinski definition) is 5. The topological polar surface area (TPSA) is 69.7 Å². The molecule has 0 amide bonds. The molecule has 1 rings (SSSR count). The van der Waals surface area contributed by atoms with E-state index in [1.54, 1.807) is 19.1 Å². The molecule has 0 saturated carbocycles. The van der Waals surface area contributed by atoms with Crippen molar-refractivity contribution in [3.63, 3.8) is 0 Å². The number of esters is 2. The fourth-order valence-corrected chi connectivity index (χ4v) is 1.67. The molecule has 1 aromatic rings. The largest absolute Gasteiger partial charge is 0.469 e. The Bertz CT molecular complexity index is 505. The first-order valence-corrected chi connectivity index (χ1v) is 5.78. The minimum Gasteiger partial charge on any atom is -0.469 e. The molecule has 0 aliphatic rings. The zero-order chi connectivity index (χ0) is 14.4. The molecule has 0 fully saturated rings. The molecule has 0 N–H and O–H groups in total. The maximum Gasteiger partial charge on any atom is 0.337 e. The van der Waals surface area contributed by atoms with Crippen LogP contribution >= 0.6 is 0 Å². The van der Waals surface area contributed by atoms with Crippen LogP contribution in [0.4, 0.5) is 0 Å². The monoisotopic (exact) mass is 264 g/mol. The van der Waals surface area contributed by atoms with E-state index in [1.165, 1.54) is 20.3 Å². The SMILES string of the molecule is COC(=O)CCC(=O)c1ccc(C(=O)OC)cc1C. The molecule has 0 bridgehead atoms. The molecule has 102 valence electrons. The van der Waals surface area contributed by atoms with Gasteiger partial charge in [0.05, 0.1) is 26.2 Å². The van der Waals surface area contributed by atoms with Gasteiger partial charge in [0.25, 0.3) is 0 Å². The van der Waals surface area contributed by atoms with Gasteiger partial charge in [-0.15, -0.1) is 0 Å². The van der Waals surface area contributed by atoms with Gasteiger partial charge in [-0.3, -0.25) is 9.59 Å². The van der Waals surface area contributed by atoms with Gasteiger partial charge in [0, 0.05) is 12.0 Å². The lowest BCUT2D eigenvalue weighted by Crippen LogP contribution is -2.08. The highest BCUT2D eigenvalue weighted by Crippen LogP contribution is 2.15. The summed E-state index contributed by atoms with van der Waals surface area (Å²) in [6.45, 7) is 1.73. The van der Waals surface area contributed by atoms with Crippen molar-refractivity contribution in [3.8, 4) is 0 Å². The first-order valence-electron chi connectivity index (χ1n) is 5.78. The standard InChI is InChI=1S/C14H16O5/c1-9-8-10(14(17)19-3)4-5-11(9)12(15)6-7-13(16)18-2/h4-5,8H,6-7H2,1-3H3. The van der Waals surface area contributed by atoms with Gasteiger partial charge in [-0.25, -0.2) is 4.79 Å². The van der Waals surface area contributed by atoms with E-state index in [0.717, 1.165) is 0 Å². The maximum atomic E-state index is 11.9. The zero-order valence-corrected chi connectivity index (χ0v) is 11.2. The van der Waals surface area contributed by atoms with Crippen molar-refractivity contribution < 1.29 is 23.9 Å². The van der Waals surface area contributed by atoms with E-state index >= 15 is 0 Å². The molecule has 19 heavy (non-hydrogen) atoms. The minimum atomic E-state index is -0.448. The summed E-state index contributed by atoms with van der Waals surface area (Å²) in [5.41, 5.74) is 1.57. The van der Waals surface area contributed by atoms with E-state index in [1.807, 2.05) is 0 Å². The number of ketones is 1. The Hall–Kier alpha value is -2.17. The van der Waals surface area contributed by atoms with Crippen LogP contribution in [-0.4, -0.2) is 31.9 Å². The van der Waals surface area contributed by atoms with E-state index < -0.39 is 11.9 Å². The van der Waals surface area contributed by atoms with Crippen molar-refractivity contribution in [2.24, 2.45) is 0 Å². The summed E-state index contributed by atoms with van der Waals surface area (Å²) in [7, 11) is 2.58. The normalized spacial score (nSPS) is 9.84. The van der Waals surface area contributed by atoms with Gasteiger partial charge in [-0.05, 0) is 24.6 Å². The van der Waals surface area contributed by atoms with Gasteiger partial charge in [0.15, 0.2) is 5.78 Å². The van der Waals surface area contributed by atoms with Crippen LogP contribution < -0.4 is 0 Å². The Balaban J connectivity index is 2.81. The van der Waals surface area contributed by atoms with Crippen LogP contribution in [0.15, 0.2) is 18.2 Å². The highest BCUT2D eigenvalue weighted by atomic mass is 16.5. The second-order valence-corrected chi connectivity index (χ2v) is 4.02. The van der Waals surface area contributed by atoms with Crippen LogP contribution in [0.5, 0.6) is 0 Å². The Kier molecular flexibility index (Phi) is 5.23. The minimum absolute atomic E-state index is 0.0491. The van der Waals surface area contributed by atoms with Crippen LogP contribution in [0.3, 0.4) is 0 Å². The Morgan fingerprint density at radius 1 is 1.05 bits per heavy atom. The number of carbonyl (C=O) groups excluding carboxylic acids is 3. The van der Waals surface area contributed by atoms with Gasteiger partial charge in [0.1, 0.15) is 0 Å². The number of benzene rings is 1. The third-order valence-electron chi connectivity index (χ3n) is 2.73. The van der Waals surface area contributed by atoms with E-state index in [-0.39, 0.29) is 18.6 Å². The van der Waals surface area contributed by atoms with Crippen molar-refractivity contribution in [1.82, 2.24) is 0 Å². The number of hydrogen-bond donors (Lipinski definition) is 0. The molecule has 0 aromatic heterocycles. The highest BCUT2D eigenvalue weighted by molar-refractivity contribution is 6.00. The molecular formula is C14H16O5. The molecule has 1 aromatic carbocycles. The van der Waals surface area contributed by atoms with Crippen LogP contribution in [-0.2, 0) is 14.3 Å². The average Bonchev–Trinajstić information content (AvgIpc) is 2.43. The number of aryl methyl sites for hydroxylation is 1. The van der Waals surface area contributed by atoms with Gasteiger partial charge in [0.2, 0.25) is 0 Å². The fraction of sp³-hybridized carbons (Fsp3) is 0.357. The van der Waals surface area contributed by atoms with Crippen LogP contribution in [0, 0.1) is 6.92 Å². The van der Waals surface area contributed by atoms with Crippen molar-refractivity contribution in [2.75, 3.05) is 14.2 Å². The first-order chi connectivity index (χ1) is 8.99. The fourth-order valence-electron chi connectivity index (χ4n) is 1.67. The number of Topliss-reactive ketones (excluding diaryl/α,β-unsaturated/α-hetero) is 1. The number of carbonyl (C=O) groups is 3. The second kappa shape index (κ2) is 6.68. The van der Waals surface area contributed by atoms with Crippen molar-refractivity contribution in [3.05, 3.63) is 34.9 Å². The number of rotatable bonds is 5. The van der Waals surface area contributed by atoms with E-state index in [4.69, 9.17) is 0 Å². The smallest absolute Gasteiger partial charge is 0.337 e. The summed E-state index contributed by atoms with van der Waals surface area (Å²) in [4.78, 5) is 34.2. The maximum absolute atomic E-state index is 11.9. The second-order valence-electron chi connectivity index (χ2n) is 4.02. The summed E-state index contributed by atoms with van der Waals surface area (Å²) in [6, 6.07) is 4.70. The molecule has 0 aliphatic heterocycles. The Morgan fingerprint density at radius 2 is 1.74 bits per heavy atom. The summed E-state index contributed by atoms with van der Waals surface area (Å²) in [5.74, 6) is -1.02. The third-order valence-corrected chi connectivity index (χ3v) is 2.73. The van der Waals surface area contributed by atoms with Crippen LogP contribution in [0.25, 0.3) is 0 Å². The van der Waals surface area contributed by atoms with Crippen molar-refractivity contribution >= 4 is 17.7 Å². The van der Waals surface area contributed by atoms with Crippen LogP contribution in [0.1, 0.15) is 39.1 Å². The predicted molar refractivity (Wildman–Crippen MR) is 68.1 cm³/mol. The third kappa shape index (κ3) is 3.91. The highest BCUT2D eigenvalue weighted by Gasteiger charge is 2.14.